The summed E-state index contributed by atoms with van der Waals surface area (Å²) in [7, 11) is 0. The lowest BCUT2D eigenvalue weighted by molar-refractivity contribution is 0.102. The minimum atomic E-state index is -0.268. The molecule has 5 heteroatoms. The Balaban J connectivity index is 1.92. The van der Waals surface area contributed by atoms with E-state index in [-0.39, 0.29) is 18.0 Å². The maximum atomic E-state index is 11.1. The standard InChI is InChI=1S/C12H13N3O2/c13-10-6-12(16)15-11(14-10)8-17-7-9-4-2-1-3-5-9/h1-6H,7-8H2,(H3,13,14,15,16). The summed E-state index contributed by atoms with van der Waals surface area (Å²) in [4.78, 5) is 17.6. The third-order valence-corrected chi connectivity index (χ3v) is 2.16. The van der Waals surface area contributed by atoms with Gasteiger partial charge < -0.3 is 15.5 Å². The largest absolute Gasteiger partial charge is 0.383 e. The van der Waals surface area contributed by atoms with Crippen LogP contribution >= 0.6 is 0 Å². The van der Waals surface area contributed by atoms with Gasteiger partial charge in [0.1, 0.15) is 18.2 Å². The van der Waals surface area contributed by atoms with Gasteiger partial charge >= 0.3 is 0 Å². The third kappa shape index (κ3) is 3.42. The van der Waals surface area contributed by atoms with Crippen molar-refractivity contribution in [3.63, 3.8) is 0 Å². The maximum Gasteiger partial charge on any atom is 0.253 e. The number of ether oxygens (including phenoxy) is 1. The molecule has 0 amide bonds. The Bertz CT molecular complexity index is 537. The maximum absolute atomic E-state index is 11.1. The van der Waals surface area contributed by atoms with Gasteiger partial charge in [0.15, 0.2) is 0 Å². The Hall–Kier alpha value is -2.14. The summed E-state index contributed by atoms with van der Waals surface area (Å²) in [5.41, 5.74) is 6.26. The summed E-state index contributed by atoms with van der Waals surface area (Å²) in [5, 5.41) is 0. The lowest BCUT2D eigenvalue weighted by Crippen LogP contribution is -2.13. The number of benzene rings is 1. The molecule has 0 saturated carbocycles. The van der Waals surface area contributed by atoms with Crippen molar-refractivity contribution in [3.05, 3.63) is 58.1 Å². The highest BCUT2D eigenvalue weighted by Gasteiger charge is 1.99. The number of anilines is 1. The monoisotopic (exact) mass is 231 g/mol. The fourth-order valence-corrected chi connectivity index (χ4v) is 1.44. The van der Waals surface area contributed by atoms with Gasteiger partial charge in [-0.05, 0) is 5.56 Å². The molecule has 0 atom stereocenters. The summed E-state index contributed by atoms with van der Waals surface area (Å²) < 4.78 is 5.43. The van der Waals surface area contributed by atoms with Crippen LogP contribution in [0.25, 0.3) is 0 Å². The number of nitrogens with two attached hydrogens (primary N) is 1. The second-order valence-electron chi connectivity index (χ2n) is 3.60. The first-order chi connectivity index (χ1) is 8.24. The first kappa shape index (κ1) is 11.3. The predicted octanol–water partition coefficient (Wildman–Crippen LogP) is 1.07. The number of nitrogens with zero attached hydrogens (tertiary/aromatic N) is 1. The molecule has 2 aromatic rings. The molecule has 0 unspecified atom stereocenters. The molecule has 17 heavy (non-hydrogen) atoms. The van der Waals surface area contributed by atoms with Crippen molar-refractivity contribution in [1.82, 2.24) is 9.97 Å². The molecule has 0 bridgehead atoms. The first-order valence-electron chi connectivity index (χ1n) is 5.21. The van der Waals surface area contributed by atoms with E-state index >= 15 is 0 Å². The van der Waals surface area contributed by atoms with E-state index in [1.54, 1.807) is 0 Å². The van der Waals surface area contributed by atoms with Crippen LogP contribution in [0, 0.1) is 0 Å². The van der Waals surface area contributed by atoms with Crippen molar-refractivity contribution in [3.8, 4) is 0 Å². The summed E-state index contributed by atoms with van der Waals surface area (Å²) in [5.74, 6) is 0.637. The van der Waals surface area contributed by atoms with E-state index in [1.807, 2.05) is 30.3 Å². The smallest absolute Gasteiger partial charge is 0.253 e. The molecule has 0 aliphatic carbocycles. The number of H-pyrrole nitrogens is 1. The molecule has 0 fully saturated rings. The van der Waals surface area contributed by atoms with E-state index in [0.29, 0.717) is 12.4 Å². The van der Waals surface area contributed by atoms with Gasteiger partial charge in [0.2, 0.25) is 0 Å². The minimum Gasteiger partial charge on any atom is -0.383 e. The molecule has 0 aliphatic rings. The number of nitrogen functional groups attached to an aromatic ring is 1. The van der Waals surface area contributed by atoms with Crippen molar-refractivity contribution in [2.45, 2.75) is 13.2 Å². The van der Waals surface area contributed by atoms with Gasteiger partial charge in [-0.2, -0.15) is 0 Å². The summed E-state index contributed by atoms with van der Waals surface area (Å²) >= 11 is 0. The van der Waals surface area contributed by atoms with Crippen LogP contribution in [0.1, 0.15) is 11.4 Å². The Labute approximate surface area is 98.3 Å². The quantitative estimate of drug-likeness (QED) is 0.824. The number of aromatic nitrogens is 2. The van der Waals surface area contributed by atoms with Crippen LogP contribution in [0.15, 0.2) is 41.2 Å². The van der Waals surface area contributed by atoms with Gasteiger partial charge in [0.25, 0.3) is 5.56 Å². The third-order valence-electron chi connectivity index (χ3n) is 2.16. The van der Waals surface area contributed by atoms with E-state index in [0.717, 1.165) is 5.56 Å². The second kappa shape index (κ2) is 5.27. The van der Waals surface area contributed by atoms with Crippen LogP contribution in [-0.2, 0) is 18.0 Å². The highest BCUT2D eigenvalue weighted by molar-refractivity contribution is 5.25. The summed E-state index contributed by atoms with van der Waals surface area (Å²) in [6, 6.07) is 11.0. The van der Waals surface area contributed by atoms with Crippen LogP contribution in [0.2, 0.25) is 0 Å². The lowest BCUT2D eigenvalue weighted by atomic mass is 10.2. The molecule has 0 saturated heterocycles. The molecule has 3 N–H and O–H groups in total. The molecule has 1 aromatic heterocycles. The molecule has 1 aromatic carbocycles. The minimum absolute atomic E-state index is 0.201. The molecule has 2 rings (SSSR count). The zero-order valence-electron chi connectivity index (χ0n) is 9.22. The highest BCUT2D eigenvalue weighted by Crippen LogP contribution is 2.02. The van der Waals surface area contributed by atoms with Crippen LogP contribution in [0.5, 0.6) is 0 Å². The summed E-state index contributed by atoms with van der Waals surface area (Å²) in [6.45, 7) is 0.703. The van der Waals surface area contributed by atoms with E-state index < -0.39 is 0 Å². The molecule has 1 heterocycles. The number of hydrogen-bond acceptors (Lipinski definition) is 4. The molecule has 5 nitrogen and oxygen atoms in total. The average Bonchev–Trinajstić information content (AvgIpc) is 2.29. The topological polar surface area (TPSA) is 81.0 Å². The zero-order chi connectivity index (χ0) is 12.1. The molecule has 0 spiro atoms. The van der Waals surface area contributed by atoms with E-state index in [1.165, 1.54) is 6.07 Å². The van der Waals surface area contributed by atoms with Gasteiger partial charge in [0, 0.05) is 6.07 Å². The normalized spacial score (nSPS) is 10.4. The molecular weight excluding hydrogens is 218 g/mol. The van der Waals surface area contributed by atoms with Crippen LogP contribution in [-0.4, -0.2) is 9.97 Å². The van der Waals surface area contributed by atoms with Crippen LogP contribution < -0.4 is 11.3 Å². The lowest BCUT2D eigenvalue weighted by Gasteiger charge is -2.04. The van der Waals surface area contributed by atoms with Gasteiger partial charge in [-0.1, -0.05) is 30.3 Å². The molecule has 0 aliphatic heterocycles. The van der Waals surface area contributed by atoms with E-state index in [4.69, 9.17) is 10.5 Å². The predicted molar refractivity (Wildman–Crippen MR) is 64.2 cm³/mol. The van der Waals surface area contributed by atoms with Crippen molar-refractivity contribution < 1.29 is 4.74 Å². The average molecular weight is 231 g/mol. The fourth-order valence-electron chi connectivity index (χ4n) is 1.44. The SMILES string of the molecule is Nc1cc(=O)[nH]c(COCc2ccccc2)n1. The second-order valence-corrected chi connectivity index (χ2v) is 3.60. The van der Waals surface area contributed by atoms with Crippen LogP contribution in [0.3, 0.4) is 0 Å². The van der Waals surface area contributed by atoms with E-state index in [9.17, 15) is 4.79 Å². The highest BCUT2D eigenvalue weighted by atomic mass is 16.5. The van der Waals surface area contributed by atoms with Gasteiger partial charge in [-0.3, -0.25) is 4.79 Å². The fraction of sp³-hybridized carbons (Fsp3) is 0.167. The number of nitrogens with one attached hydrogen (secondary N) is 1. The zero-order valence-corrected chi connectivity index (χ0v) is 9.22. The number of rotatable bonds is 4. The summed E-state index contributed by atoms with van der Waals surface area (Å²) in [6.07, 6.45) is 0. The molecule has 88 valence electrons. The Morgan fingerprint density at radius 2 is 2.00 bits per heavy atom. The van der Waals surface area contributed by atoms with Crippen molar-refractivity contribution in [2.75, 3.05) is 5.73 Å². The Morgan fingerprint density at radius 1 is 1.24 bits per heavy atom. The molecule has 0 radical (unpaired) electrons. The van der Waals surface area contributed by atoms with Crippen LogP contribution in [0.4, 0.5) is 5.82 Å². The number of aromatic amines is 1. The van der Waals surface area contributed by atoms with Gasteiger partial charge in [0.05, 0.1) is 6.61 Å². The van der Waals surface area contributed by atoms with E-state index in [2.05, 4.69) is 9.97 Å². The number of hydrogen-bond donors (Lipinski definition) is 2. The molecular formula is C12H13N3O2. The van der Waals surface area contributed by atoms with Crippen molar-refractivity contribution >= 4 is 5.82 Å². The Morgan fingerprint density at radius 3 is 2.71 bits per heavy atom. The van der Waals surface area contributed by atoms with Gasteiger partial charge in [-0.25, -0.2) is 4.98 Å². The Kier molecular flexibility index (Phi) is 3.52. The van der Waals surface area contributed by atoms with Crippen molar-refractivity contribution in [2.24, 2.45) is 0 Å². The van der Waals surface area contributed by atoms with Gasteiger partial charge in [-0.15, -0.1) is 0 Å². The van der Waals surface area contributed by atoms with Crippen molar-refractivity contribution in [1.29, 1.82) is 0 Å². The first-order valence-corrected chi connectivity index (χ1v) is 5.21.